The number of hydrogen-bond donors (Lipinski definition) is 0. The van der Waals surface area contributed by atoms with Gasteiger partial charge >= 0.3 is 0 Å². The van der Waals surface area contributed by atoms with Crippen LogP contribution in [0.5, 0.6) is 0 Å². The van der Waals surface area contributed by atoms with Gasteiger partial charge in [-0.25, -0.2) is 0 Å². The summed E-state index contributed by atoms with van der Waals surface area (Å²) < 4.78 is 0. The van der Waals surface area contributed by atoms with Crippen molar-refractivity contribution >= 4 is 5.57 Å². The Kier molecular flexibility index (Phi) is 5.44. The summed E-state index contributed by atoms with van der Waals surface area (Å²) in [6.45, 7) is 4.56. The van der Waals surface area contributed by atoms with Crippen LogP contribution in [0.3, 0.4) is 0 Å². The fraction of sp³-hybridized carbons (Fsp3) is 0.474. The van der Waals surface area contributed by atoms with Crippen molar-refractivity contribution in [3.8, 4) is 0 Å². The van der Waals surface area contributed by atoms with E-state index in [9.17, 15) is 0 Å². The minimum Gasteiger partial charge on any atom is -0.0655 e. The van der Waals surface area contributed by atoms with Crippen LogP contribution < -0.4 is 0 Å². The average molecular weight is 254 g/mol. The quantitative estimate of drug-likeness (QED) is 0.547. The first-order valence-electron chi connectivity index (χ1n) is 7.82. The molecule has 0 spiro atoms. The third kappa shape index (κ3) is 3.83. The smallest absolute Gasteiger partial charge is 0.00959 e. The maximum Gasteiger partial charge on any atom is -0.00959 e. The number of benzene rings is 1. The van der Waals surface area contributed by atoms with Crippen molar-refractivity contribution in [1.29, 1.82) is 0 Å². The molecule has 0 aromatic heterocycles. The maximum absolute atomic E-state index is 2.47. The van der Waals surface area contributed by atoms with Crippen LogP contribution in [0, 0.1) is 0 Å². The van der Waals surface area contributed by atoms with E-state index >= 15 is 0 Å². The first-order chi connectivity index (χ1) is 9.35. The third-order valence-corrected chi connectivity index (χ3v) is 3.94. The van der Waals surface area contributed by atoms with Crippen LogP contribution in [0.25, 0.3) is 5.57 Å². The van der Waals surface area contributed by atoms with Gasteiger partial charge in [-0.05, 0) is 43.2 Å². The highest BCUT2D eigenvalue weighted by Crippen LogP contribution is 2.37. The molecule has 1 aromatic carbocycles. The predicted octanol–water partition coefficient (Wildman–Crippen LogP) is 6.15. The van der Waals surface area contributed by atoms with E-state index in [1.165, 1.54) is 56.1 Å². The SMILES string of the molecule is CCCCC1=CC(c2ccccc2)=C(CCCC)C1. The molecule has 0 nitrogen and oxygen atoms in total. The van der Waals surface area contributed by atoms with E-state index in [2.05, 4.69) is 50.3 Å². The molecule has 0 unspecified atom stereocenters. The molecule has 0 N–H and O–H groups in total. The summed E-state index contributed by atoms with van der Waals surface area (Å²) in [5.41, 5.74) is 6.23. The minimum absolute atomic E-state index is 1.23. The highest BCUT2D eigenvalue weighted by Gasteiger charge is 2.16. The zero-order chi connectivity index (χ0) is 13.5. The number of rotatable bonds is 7. The molecule has 0 heterocycles. The lowest BCUT2D eigenvalue weighted by Crippen LogP contribution is -1.87. The van der Waals surface area contributed by atoms with Crippen molar-refractivity contribution in [1.82, 2.24) is 0 Å². The van der Waals surface area contributed by atoms with Crippen molar-refractivity contribution in [3.05, 3.63) is 53.1 Å². The minimum atomic E-state index is 1.23. The van der Waals surface area contributed by atoms with E-state index in [-0.39, 0.29) is 0 Å². The maximum atomic E-state index is 2.47. The van der Waals surface area contributed by atoms with E-state index in [1.807, 2.05) is 0 Å². The summed E-state index contributed by atoms with van der Waals surface area (Å²) in [6.07, 6.45) is 11.5. The normalized spacial score (nSPS) is 14.9. The monoisotopic (exact) mass is 254 g/mol. The van der Waals surface area contributed by atoms with Crippen molar-refractivity contribution in [3.63, 3.8) is 0 Å². The lowest BCUT2D eigenvalue weighted by Gasteiger charge is -2.07. The standard InChI is InChI=1S/C19H26/c1-3-5-10-16-14-18(11-6-4-2)19(15-16)17-12-8-7-9-13-17/h7-9,12-13,15H,3-6,10-11,14H2,1-2H3. The van der Waals surface area contributed by atoms with Crippen molar-refractivity contribution in [2.45, 2.75) is 58.8 Å². The average Bonchev–Trinajstić information content (AvgIpc) is 2.87. The van der Waals surface area contributed by atoms with Gasteiger partial charge in [-0.1, -0.05) is 74.2 Å². The summed E-state index contributed by atoms with van der Waals surface area (Å²) in [6, 6.07) is 10.9. The molecule has 1 aliphatic carbocycles. The molecule has 0 saturated carbocycles. The van der Waals surface area contributed by atoms with Crippen LogP contribution in [-0.2, 0) is 0 Å². The molecule has 0 saturated heterocycles. The molecule has 0 bridgehead atoms. The predicted molar refractivity (Wildman–Crippen MR) is 85.1 cm³/mol. The number of unbranched alkanes of at least 4 members (excludes halogenated alkanes) is 2. The molecule has 1 aliphatic rings. The van der Waals surface area contributed by atoms with Gasteiger partial charge < -0.3 is 0 Å². The van der Waals surface area contributed by atoms with E-state index < -0.39 is 0 Å². The molecule has 19 heavy (non-hydrogen) atoms. The Hall–Kier alpha value is -1.30. The second kappa shape index (κ2) is 7.33. The summed E-state index contributed by atoms with van der Waals surface area (Å²) >= 11 is 0. The van der Waals surface area contributed by atoms with Gasteiger partial charge in [-0.3, -0.25) is 0 Å². The van der Waals surface area contributed by atoms with Crippen LogP contribution in [-0.4, -0.2) is 0 Å². The highest BCUT2D eigenvalue weighted by atomic mass is 14.2. The van der Waals surface area contributed by atoms with Crippen molar-refractivity contribution < 1.29 is 0 Å². The van der Waals surface area contributed by atoms with E-state index in [4.69, 9.17) is 0 Å². The van der Waals surface area contributed by atoms with Gasteiger partial charge in [0.25, 0.3) is 0 Å². The summed E-state index contributed by atoms with van der Waals surface area (Å²) in [5.74, 6) is 0. The number of hydrogen-bond acceptors (Lipinski definition) is 0. The molecule has 0 heteroatoms. The molecule has 2 rings (SSSR count). The fourth-order valence-corrected chi connectivity index (χ4v) is 2.81. The molecular formula is C19H26. The van der Waals surface area contributed by atoms with E-state index in [0.29, 0.717) is 0 Å². The molecule has 0 aliphatic heterocycles. The Morgan fingerprint density at radius 3 is 2.26 bits per heavy atom. The molecular weight excluding hydrogens is 228 g/mol. The van der Waals surface area contributed by atoms with Gasteiger partial charge in [0.2, 0.25) is 0 Å². The van der Waals surface area contributed by atoms with Gasteiger partial charge in [0.05, 0.1) is 0 Å². The molecule has 0 amide bonds. The largest absolute Gasteiger partial charge is 0.0655 e. The lowest BCUT2D eigenvalue weighted by molar-refractivity contribution is 0.746. The van der Waals surface area contributed by atoms with Crippen molar-refractivity contribution in [2.75, 3.05) is 0 Å². The first kappa shape index (κ1) is 14.1. The zero-order valence-corrected chi connectivity index (χ0v) is 12.4. The van der Waals surface area contributed by atoms with Crippen molar-refractivity contribution in [2.24, 2.45) is 0 Å². The topological polar surface area (TPSA) is 0 Å². The summed E-state index contributed by atoms with van der Waals surface area (Å²) in [4.78, 5) is 0. The molecule has 1 aromatic rings. The molecule has 0 atom stereocenters. The zero-order valence-electron chi connectivity index (χ0n) is 12.4. The summed E-state index contributed by atoms with van der Waals surface area (Å²) in [7, 11) is 0. The van der Waals surface area contributed by atoms with Gasteiger partial charge in [0.15, 0.2) is 0 Å². The van der Waals surface area contributed by atoms with Crippen LogP contribution in [0.4, 0.5) is 0 Å². The van der Waals surface area contributed by atoms with Crippen LogP contribution in [0.2, 0.25) is 0 Å². The summed E-state index contributed by atoms with van der Waals surface area (Å²) in [5, 5.41) is 0. The molecule has 0 radical (unpaired) electrons. The molecule has 102 valence electrons. The second-order valence-corrected chi connectivity index (χ2v) is 5.57. The van der Waals surface area contributed by atoms with E-state index in [0.717, 1.165) is 0 Å². The van der Waals surface area contributed by atoms with E-state index in [1.54, 1.807) is 11.1 Å². The second-order valence-electron chi connectivity index (χ2n) is 5.57. The fourth-order valence-electron chi connectivity index (χ4n) is 2.81. The van der Waals surface area contributed by atoms with Gasteiger partial charge in [-0.15, -0.1) is 0 Å². The lowest BCUT2D eigenvalue weighted by atomic mass is 9.98. The van der Waals surface area contributed by atoms with Gasteiger partial charge in [0, 0.05) is 0 Å². The van der Waals surface area contributed by atoms with Gasteiger partial charge in [0.1, 0.15) is 0 Å². The Bertz CT molecular complexity index is 448. The Balaban J connectivity index is 2.17. The van der Waals surface area contributed by atoms with Gasteiger partial charge in [-0.2, -0.15) is 0 Å². The highest BCUT2D eigenvalue weighted by molar-refractivity contribution is 5.80. The Morgan fingerprint density at radius 1 is 0.895 bits per heavy atom. The van der Waals surface area contributed by atoms with Crippen LogP contribution in [0.1, 0.15) is 64.4 Å². The number of allylic oxidation sites excluding steroid dienone is 4. The third-order valence-electron chi connectivity index (χ3n) is 3.94. The van der Waals surface area contributed by atoms with Crippen LogP contribution in [0.15, 0.2) is 47.6 Å². The Labute approximate surface area is 118 Å². The molecule has 0 fully saturated rings. The first-order valence-corrected chi connectivity index (χ1v) is 7.82. The Morgan fingerprint density at radius 2 is 1.58 bits per heavy atom. The van der Waals surface area contributed by atoms with Crippen LogP contribution >= 0.6 is 0 Å².